The van der Waals surface area contributed by atoms with E-state index in [0.29, 0.717) is 0 Å². The highest BCUT2D eigenvalue weighted by Gasteiger charge is 2.73. The van der Waals surface area contributed by atoms with Crippen LogP contribution in [0.2, 0.25) is 0 Å². The van der Waals surface area contributed by atoms with E-state index in [0.717, 1.165) is 11.1 Å². The molecule has 0 aromatic rings. The van der Waals surface area contributed by atoms with Crippen LogP contribution >= 0.6 is 0 Å². The molecule has 4 heteroatoms. The molecule has 20 heavy (non-hydrogen) atoms. The molecule has 0 heterocycles. The Bertz CT molecular complexity index is 700. The summed E-state index contributed by atoms with van der Waals surface area (Å²) in [6.07, 6.45) is 4.03. The van der Waals surface area contributed by atoms with Crippen molar-refractivity contribution in [3.8, 4) is 24.3 Å². The molecule has 0 radical (unpaired) electrons. The molecule has 0 aliphatic heterocycles. The largest absolute Gasteiger partial charge is 0.196 e. The lowest BCUT2D eigenvalue weighted by Gasteiger charge is -2.61. The standard InChI is InChI=1S/C16H12N4/c1-9-3-11-13(9)12-4-10(2)14(11)16(7-19,8-20)15(12,5-17)6-18/h3-4,11-14H,1-2H3/t11-,12+,13-,14+/m0/s1. The molecule has 0 aromatic carbocycles. The highest BCUT2D eigenvalue weighted by atomic mass is 14.7. The number of nitrogens with zero attached hydrogens (tertiary/aromatic N) is 4. The third kappa shape index (κ3) is 0.943. The molecule has 96 valence electrons. The van der Waals surface area contributed by atoms with E-state index in [1.807, 2.05) is 44.2 Å². The Hall–Kier alpha value is -2.56. The third-order valence-corrected chi connectivity index (χ3v) is 5.39. The molecule has 4 aliphatic carbocycles. The number of fused-ring (bicyclic) bond motifs is 1. The molecule has 1 fully saturated rings. The molecule has 4 aliphatic rings. The first-order valence-electron chi connectivity index (χ1n) is 6.54. The summed E-state index contributed by atoms with van der Waals surface area (Å²) in [6, 6.07) is 8.17. The van der Waals surface area contributed by atoms with Gasteiger partial charge in [0.25, 0.3) is 0 Å². The lowest BCUT2D eigenvalue weighted by molar-refractivity contribution is -0.00608. The Labute approximate surface area is 117 Å². The second kappa shape index (κ2) is 3.50. The van der Waals surface area contributed by atoms with Crippen molar-refractivity contribution < 1.29 is 0 Å². The van der Waals surface area contributed by atoms with Gasteiger partial charge < -0.3 is 0 Å². The molecular formula is C16H12N4. The Morgan fingerprint density at radius 2 is 1.40 bits per heavy atom. The SMILES string of the molecule is CC1=C[C@H]2[C@H]1[C@H]1C=C(C)[C@H]2C(C#N)(C#N)C1(C#N)C#N. The molecule has 0 amide bonds. The van der Waals surface area contributed by atoms with Crippen molar-refractivity contribution in [3.05, 3.63) is 23.3 Å². The Morgan fingerprint density at radius 1 is 0.850 bits per heavy atom. The minimum Gasteiger partial charge on any atom is -0.196 e. The maximum atomic E-state index is 9.65. The molecule has 4 nitrogen and oxygen atoms in total. The minimum absolute atomic E-state index is 0.110. The molecular weight excluding hydrogens is 248 g/mol. The molecule has 0 unspecified atom stereocenters. The van der Waals surface area contributed by atoms with Crippen molar-refractivity contribution in [2.24, 2.45) is 34.5 Å². The predicted molar refractivity (Wildman–Crippen MR) is 68.8 cm³/mol. The number of rotatable bonds is 0. The van der Waals surface area contributed by atoms with Crippen molar-refractivity contribution in [2.75, 3.05) is 0 Å². The van der Waals surface area contributed by atoms with E-state index in [9.17, 15) is 21.0 Å². The smallest absolute Gasteiger partial charge is 0.183 e. The summed E-state index contributed by atoms with van der Waals surface area (Å²) in [4.78, 5) is 0. The number of nitriles is 4. The van der Waals surface area contributed by atoms with E-state index in [1.54, 1.807) is 0 Å². The first-order chi connectivity index (χ1) is 9.52. The summed E-state index contributed by atoms with van der Waals surface area (Å²) < 4.78 is 0. The van der Waals surface area contributed by atoms with E-state index < -0.39 is 10.8 Å². The van der Waals surface area contributed by atoms with Crippen LogP contribution in [-0.2, 0) is 0 Å². The highest BCUT2D eigenvalue weighted by molar-refractivity contribution is 5.52. The van der Waals surface area contributed by atoms with Crippen LogP contribution < -0.4 is 0 Å². The van der Waals surface area contributed by atoms with Gasteiger partial charge in [0.1, 0.15) is 0 Å². The average molecular weight is 260 g/mol. The molecule has 2 bridgehead atoms. The van der Waals surface area contributed by atoms with Gasteiger partial charge in [-0.15, -0.1) is 0 Å². The molecule has 4 atom stereocenters. The van der Waals surface area contributed by atoms with E-state index in [2.05, 4.69) is 6.08 Å². The monoisotopic (exact) mass is 260 g/mol. The molecule has 0 spiro atoms. The van der Waals surface area contributed by atoms with Gasteiger partial charge in [0.15, 0.2) is 10.8 Å². The molecule has 1 saturated carbocycles. The van der Waals surface area contributed by atoms with Gasteiger partial charge in [-0.1, -0.05) is 23.3 Å². The summed E-state index contributed by atoms with van der Waals surface area (Å²) in [5.41, 5.74) is -1.02. The second-order valence-corrected chi connectivity index (χ2v) is 5.99. The summed E-state index contributed by atoms with van der Waals surface area (Å²) in [7, 11) is 0. The summed E-state index contributed by atoms with van der Waals surface area (Å²) in [5.74, 6) is -0.482. The van der Waals surface area contributed by atoms with Gasteiger partial charge in [-0.25, -0.2) is 0 Å². The van der Waals surface area contributed by atoms with Crippen LogP contribution in [0.3, 0.4) is 0 Å². The fourth-order valence-corrected chi connectivity index (χ4v) is 4.55. The van der Waals surface area contributed by atoms with Crippen LogP contribution in [0, 0.1) is 79.8 Å². The summed E-state index contributed by atoms with van der Waals surface area (Å²) >= 11 is 0. The van der Waals surface area contributed by atoms with Crippen LogP contribution in [-0.4, -0.2) is 0 Å². The zero-order valence-electron chi connectivity index (χ0n) is 11.3. The van der Waals surface area contributed by atoms with Crippen LogP contribution in [0.4, 0.5) is 0 Å². The van der Waals surface area contributed by atoms with E-state index >= 15 is 0 Å². The van der Waals surface area contributed by atoms with E-state index in [-0.39, 0.29) is 23.7 Å². The Morgan fingerprint density at radius 3 is 1.85 bits per heavy atom. The van der Waals surface area contributed by atoms with Crippen molar-refractivity contribution in [3.63, 3.8) is 0 Å². The van der Waals surface area contributed by atoms with Gasteiger partial charge in [0, 0.05) is 11.8 Å². The summed E-state index contributed by atoms with van der Waals surface area (Å²) in [5, 5.41) is 38.6. The average Bonchev–Trinajstić information content (AvgIpc) is 2.44. The molecule has 0 saturated heterocycles. The zero-order valence-corrected chi connectivity index (χ0v) is 11.3. The third-order valence-electron chi connectivity index (χ3n) is 5.39. The first-order valence-corrected chi connectivity index (χ1v) is 6.54. The maximum absolute atomic E-state index is 9.65. The summed E-state index contributed by atoms with van der Waals surface area (Å²) in [6.45, 7) is 3.89. The van der Waals surface area contributed by atoms with Gasteiger partial charge >= 0.3 is 0 Å². The van der Waals surface area contributed by atoms with Crippen LogP contribution in [0.5, 0.6) is 0 Å². The number of hydrogen-bond donors (Lipinski definition) is 0. The van der Waals surface area contributed by atoms with Gasteiger partial charge in [0.05, 0.1) is 24.3 Å². The molecule has 0 aromatic heterocycles. The van der Waals surface area contributed by atoms with Crippen molar-refractivity contribution in [1.29, 1.82) is 21.0 Å². The number of hydrogen-bond acceptors (Lipinski definition) is 4. The fourth-order valence-electron chi connectivity index (χ4n) is 4.55. The highest BCUT2D eigenvalue weighted by Crippen LogP contribution is 2.69. The zero-order chi connectivity index (χ0) is 14.7. The second-order valence-electron chi connectivity index (χ2n) is 5.99. The topological polar surface area (TPSA) is 95.2 Å². The van der Waals surface area contributed by atoms with Crippen molar-refractivity contribution in [2.45, 2.75) is 13.8 Å². The molecule has 4 rings (SSSR count). The van der Waals surface area contributed by atoms with E-state index in [4.69, 9.17) is 0 Å². The van der Waals surface area contributed by atoms with Crippen LogP contribution in [0.25, 0.3) is 0 Å². The van der Waals surface area contributed by atoms with Crippen LogP contribution in [0.15, 0.2) is 23.3 Å². The van der Waals surface area contributed by atoms with Gasteiger partial charge in [-0.3, -0.25) is 0 Å². The van der Waals surface area contributed by atoms with Crippen molar-refractivity contribution in [1.82, 2.24) is 0 Å². The van der Waals surface area contributed by atoms with E-state index in [1.165, 1.54) is 0 Å². The lowest BCUT2D eigenvalue weighted by Crippen LogP contribution is -2.63. The van der Waals surface area contributed by atoms with Gasteiger partial charge in [-0.2, -0.15) is 21.0 Å². The maximum Gasteiger partial charge on any atom is 0.183 e. The Kier molecular flexibility index (Phi) is 2.19. The number of allylic oxidation sites excluding steroid dienone is 4. The minimum atomic E-state index is -1.57. The Balaban J connectivity index is 2.37. The lowest BCUT2D eigenvalue weighted by atomic mass is 9.36. The van der Waals surface area contributed by atoms with Crippen LogP contribution in [0.1, 0.15) is 13.8 Å². The predicted octanol–water partition coefficient (Wildman–Crippen LogP) is 2.45. The normalized spacial score (nSPS) is 37.7. The van der Waals surface area contributed by atoms with Gasteiger partial charge in [-0.05, 0) is 25.7 Å². The fraction of sp³-hybridized carbons (Fsp3) is 0.500. The van der Waals surface area contributed by atoms with Gasteiger partial charge in [0.2, 0.25) is 0 Å². The molecule has 0 N–H and O–H groups in total. The van der Waals surface area contributed by atoms with Crippen molar-refractivity contribution >= 4 is 0 Å². The first kappa shape index (κ1) is 12.5. The quantitative estimate of drug-likeness (QED) is 0.625.